The molecule has 2 unspecified atom stereocenters. The van der Waals surface area contributed by atoms with Gasteiger partial charge in [0, 0.05) is 26.1 Å². The Kier molecular flexibility index (Phi) is 10.3. The van der Waals surface area contributed by atoms with Crippen LogP contribution in [0.1, 0.15) is 25.5 Å². The Morgan fingerprint density at radius 2 is 2.14 bits per heavy atom. The number of nitrogens with one attached hydrogen (secondary N) is 2. The van der Waals surface area contributed by atoms with E-state index in [1.54, 1.807) is 24.5 Å². The highest BCUT2D eigenvalue weighted by atomic mass is 127. The van der Waals surface area contributed by atoms with Crippen molar-refractivity contribution >= 4 is 29.9 Å². The third-order valence-electron chi connectivity index (χ3n) is 4.44. The van der Waals surface area contributed by atoms with Crippen LogP contribution in [0, 0.1) is 5.82 Å². The second-order valence-corrected chi connectivity index (χ2v) is 6.82. The van der Waals surface area contributed by atoms with Crippen LogP contribution >= 0.6 is 24.0 Å². The largest absolute Gasteiger partial charge is 0.486 e. The number of halogens is 2. The molecule has 0 radical (unpaired) electrons. The smallest absolute Gasteiger partial charge is 0.191 e. The summed E-state index contributed by atoms with van der Waals surface area (Å²) in [5, 5.41) is 6.63. The first-order chi connectivity index (χ1) is 13.7. The van der Waals surface area contributed by atoms with Crippen LogP contribution < -0.4 is 15.4 Å². The molecule has 0 spiro atoms. The molecule has 0 amide bonds. The molecule has 8 heteroatoms. The van der Waals surface area contributed by atoms with Gasteiger partial charge in [-0.2, -0.15) is 0 Å². The maximum Gasteiger partial charge on any atom is 0.191 e. The Balaban J connectivity index is 0.00000300. The Hall–Kier alpha value is -1.81. The molecule has 2 heterocycles. The number of hydrogen-bond donors (Lipinski definition) is 2. The summed E-state index contributed by atoms with van der Waals surface area (Å²) in [7, 11) is 0. The van der Waals surface area contributed by atoms with Gasteiger partial charge in [0.1, 0.15) is 11.9 Å². The molecule has 1 saturated heterocycles. The topological polar surface area (TPSA) is 68.0 Å². The second-order valence-electron chi connectivity index (χ2n) is 6.82. The molecule has 29 heavy (non-hydrogen) atoms. The molecule has 1 aromatic heterocycles. The monoisotopic (exact) mass is 517 g/mol. The molecule has 160 valence electrons. The van der Waals surface area contributed by atoms with E-state index in [1.807, 2.05) is 19.1 Å². The maximum atomic E-state index is 13.7. The molecular weight excluding hydrogens is 488 g/mol. The van der Waals surface area contributed by atoms with E-state index in [0.717, 1.165) is 31.6 Å². The van der Waals surface area contributed by atoms with Gasteiger partial charge in [-0.25, -0.2) is 9.38 Å². The zero-order valence-electron chi connectivity index (χ0n) is 16.6. The molecule has 1 aliphatic rings. The van der Waals surface area contributed by atoms with Gasteiger partial charge in [0.2, 0.25) is 0 Å². The van der Waals surface area contributed by atoms with Crippen molar-refractivity contribution in [1.29, 1.82) is 0 Å². The third kappa shape index (κ3) is 8.22. The number of furan rings is 1. The number of para-hydroxylation sites is 1. The summed E-state index contributed by atoms with van der Waals surface area (Å²) in [6.45, 7) is 4.48. The lowest BCUT2D eigenvalue weighted by atomic mass is 10.2. The van der Waals surface area contributed by atoms with Crippen molar-refractivity contribution in [3.8, 4) is 5.75 Å². The highest BCUT2D eigenvalue weighted by Gasteiger charge is 2.16. The summed E-state index contributed by atoms with van der Waals surface area (Å²) in [5.74, 6) is 1.48. The fraction of sp³-hybridized carbons (Fsp3) is 0.476. The summed E-state index contributed by atoms with van der Waals surface area (Å²) < 4.78 is 30.4. The van der Waals surface area contributed by atoms with Crippen LogP contribution in [0.3, 0.4) is 0 Å². The summed E-state index contributed by atoms with van der Waals surface area (Å²) in [4.78, 5) is 4.59. The van der Waals surface area contributed by atoms with Gasteiger partial charge >= 0.3 is 0 Å². The number of guanidine groups is 1. The molecule has 0 aliphatic carbocycles. The highest BCUT2D eigenvalue weighted by Crippen LogP contribution is 2.17. The zero-order valence-corrected chi connectivity index (χ0v) is 18.9. The van der Waals surface area contributed by atoms with Gasteiger partial charge in [-0.15, -0.1) is 24.0 Å². The zero-order chi connectivity index (χ0) is 19.6. The average Bonchev–Trinajstić information content (AvgIpc) is 3.39. The first-order valence-corrected chi connectivity index (χ1v) is 9.78. The van der Waals surface area contributed by atoms with Gasteiger partial charge in [-0.3, -0.25) is 0 Å². The van der Waals surface area contributed by atoms with Gasteiger partial charge in [0.15, 0.2) is 17.5 Å². The van der Waals surface area contributed by atoms with Crippen LogP contribution in [-0.2, 0) is 11.2 Å². The van der Waals surface area contributed by atoms with Crippen LogP contribution in [0.4, 0.5) is 4.39 Å². The fourth-order valence-corrected chi connectivity index (χ4v) is 2.96. The molecule has 0 saturated carbocycles. The Bertz CT molecular complexity index is 737. The number of ether oxygens (including phenoxy) is 2. The maximum absolute atomic E-state index is 13.7. The van der Waals surface area contributed by atoms with Crippen molar-refractivity contribution in [2.75, 3.05) is 26.2 Å². The summed E-state index contributed by atoms with van der Waals surface area (Å²) in [5.41, 5.74) is 0. The summed E-state index contributed by atoms with van der Waals surface area (Å²) >= 11 is 0. The van der Waals surface area contributed by atoms with Crippen molar-refractivity contribution in [3.63, 3.8) is 0 Å². The number of hydrogen-bond acceptors (Lipinski definition) is 4. The van der Waals surface area contributed by atoms with Gasteiger partial charge in [0.25, 0.3) is 0 Å². The minimum absolute atomic E-state index is 0. The number of aliphatic imine (C=N–C) groups is 1. The Morgan fingerprint density at radius 1 is 1.28 bits per heavy atom. The van der Waals surface area contributed by atoms with E-state index in [2.05, 4.69) is 15.6 Å². The fourth-order valence-electron chi connectivity index (χ4n) is 2.96. The molecule has 3 rings (SSSR count). The van der Waals surface area contributed by atoms with Crippen LogP contribution in [0.25, 0.3) is 0 Å². The first kappa shape index (κ1) is 23.5. The number of nitrogens with zero attached hydrogens (tertiary/aromatic N) is 1. The summed E-state index contributed by atoms with van der Waals surface area (Å²) in [6.07, 6.45) is 4.53. The normalized spacial score (nSPS) is 17.4. The van der Waals surface area contributed by atoms with E-state index in [0.29, 0.717) is 25.6 Å². The number of benzene rings is 1. The van der Waals surface area contributed by atoms with Crippen LogP contribution in [0.15, 0.2) is 52.1 Å². The van der Waals surface area contributed by atoms with Gasteiger partial charge in [0.05, 0.1) is 18.9 Å². The molecule has 2 atom stereocenters. The van der Waals surface area contributed by atoms with Crippen molar-refractivity contribution in [2.45, 2.75) is 38.4 Å². The van der Waals surface area contributed by atoms with E-state index in [1.165, 1.54) is 6.07 Å². The lowest BCUT2D eigenvalue weighted by Crippen LogP contribution is -2.42. The van der Waals surface area contributed by atoms with Crippen LogP contribution in [0.2, 0.25) is 0 Å². The molecule has 0 bridgehead atoms. The summed E-state index contributed by atoms with van der Waals surface area (Å²) in [6, 6.07) is 10.2. The third-order valence-corrected chi connectivity index (χ3v) is 4.44. The lowest BCUT2D eigenvalue weighted by molar-refractivity contribution is 0.113. The van der Waals surface area contributed by atoms with Crippen molar-refractivity contribution in [3.05, 3.63) is 54.2 Å². The van der Waals surface area contributed by atoms with E-state index in [-0.39, 0.29) is 47.8 Å². The highest BCUT2D eigenvalue weighted by molar-refractivity contribution is 14.0. The molecule has 6 nitrogen and oxygen atoms in total. The predicted octanol–water partition coefficient (Wildman–Crippen LogP) is 3.76. The minimum Gasteiger partial charge on any atom is -0.486 e. The van der Waals surface area contributed by atoms with Crippen molar-refractivity contribution in [1.82, 2.24) is 10.6 Å². The van der Waals surface area contributed by atoms with E-state index < -0.39 is 0 Å². The van der Waals surface area contributed by atoms with Crippen molar-refractivity contribution in [2.24, 2.45) is 4.99 Å². The van der Waals surface area contributed by atoms with E-state index in [4.69, 9.17) is 13.9 Å². The number of rotatable bonds is 9. The van der Waals surface area contributed by atoms with Crippen LogP contribution in [-0.4, -0.2) is 44.4 Å². The lowest BCUT2D eigenvalue weighted by Gasteiger charge is -2.17. The molecule has 2 aromatic rings. The van der Waals surface area contributed by atoms with Crippen LogP contribution in [0.5, 0.6) is 5.75 Å². The Morgan fingerprint density at radius 3 is 2.86 bits per heavy atom. The standard InChI is InChI=1S/C21H28FN3O3.HI/c1-16(28-20-9-3-2-8-19(20)22)14-24-21(25-15-18-7-5-13-27-18)23-11-10-17-6-4-12-26-17;/h2-4,6,8-9,12,16,18H,5,7,10-11,13-15H2,1H3,(H2,23,24,25);1H. The quantitative estimate of drug-likeness (QED) is 0.301. The van der Waals surface area contributed by atoms with Gasteiger partial charge in [-0.1, -0.05) is 12.1 Å². The Labute approximate surface area is 188 Å². The second kappa shape index (κ2) is 12.7. The van der Waals surface area contributed by atoms with Crippen molar-refractivity contribution < 1.29 is 18.3 Å². The predicted molar refractivity (Wildman–Crippen MR) is 122 cm³/mol. The van der Waals surface area contributed by atoms with E-state index >= 15 is 0 Å². The molecular formula is C21H29FIN3O3. The van der Waals surface area contributed by atoms with Gasteiger partial charge < -0.3 is 24.5 Å². The average molecular weight is 517 g/mol. The van der Waals surface area contributed by atoms with Gasteiger partial charge in [-0.05, 0) is 44.0 Å². The SMILES string of the molecule is CC(CN=C(NCCc1ccco1)NCC1CCCO1)Oc1ccccc1F.I. The van der Waals surface area contributed by atoms with E-state index in [9.17, 15) is 4.39 Å². The molecule has 2 N–H and O–H groups in total. The molecule has 1 aromatic carbocycles. The molecule has 1 aliphatic heterocycles. The minimum atomic E-state index is -0.369. The first-order valence-electron chi connectivity index (χ1n) is 9.78. The molecule has 1 fully saturated rings.